The van der Waals surface area contributed by atoms with E-state index in [1.54, 1.807) is 43.7 Å². The minimum absolute atomic E-state index is 0.254. The Bertz CT molecular complexity index is 1080. The van der Waals surface area contributed by atoms with Crippen molar-refractivity contribution in [2.45, 2.75) is 85.5 Å². The van der Waals surface area contributed by atoms with Gasteiger partial charge < -0.3 is 60.7 Å². The predicted octanol–water partition coefficient (Wildman–Crippen LogP) is -0.479. The van der Waals surface area contributed by atoms with E-state index < -0.39 is 35.3 Å². The second kappa shape index (κ2) is 23.4. The molecule has 1 rings (SSSR count). The van der Waals surface area contributed by atoms with Gasteiger partial charge in [0.1, 0.15) is 12.0 Å². The minimum Gasteiger partial charge on any atom is -0.433 e. The molecule has 1 aromatic carbocycles. The van der Waals surface area contributed by atoms with E-state index in [4.69, 9.17) is 5.73 Å². The third kappa shape index (κ3) is 17.7. The summed E-state index contributed by atoms with van der Waals surface area (Å²) in [5, 5.41) is 56.4. The van der Waals surface area contributed by atoms with Crippen LogP contribution in [0.4, 0.5) is 0 Å². The number of amidine groups is 1. The number of aryl methyl sites for hydroxylation is 1. The Hall–Kier alpha value is -2.91. The maximum Gasteiger partial charge on any atom is 0.431 e. The lowest BCUT2D eigenvalue weighted by atomic mass is 9.80. The topological polar surface area (TPSA) is 212 Å². The van der Waals surface area contributed by atoms with Gasteiger partial charge in [0, 0.05) is 25.2 Å². The van der Waals surface area contributed by atoms with Gasteiger partial charge in [0.15, 0.2) is 11.9 Å². The van der Waals surface area contributed by atoms with Crippen molar-refractivity contribution in [3.63, 3.8) is 0 Å². The summed E-state index contributed by atoms with van der Waals surface area (Å²) in [7, 11) is -3.36. The van der Waals surface area contributed by atoms with Gasteiger partial charge in [0.05, 0.1) is 0 Å². The van der Waals surface area contributed by atoms with Crippen LogP contribution in [0, 0.1) is 0 Å². The van der Waals surface area contributed by atoms with E-state index in [2.05, 4.69) is 25.3 Å². The first-order chi connectivity index (χ1) is 21.8. The van der Waals surface area contributed by atoms with Crippen LogP contribution in [0.3, 0.4) is 0 Å². The molecular formula is C26H51B6N8O6. The number of benzene rings is 1. The summed E-state index contributed by atoms with van der Waals surface area (Å²) in [6.45, 7) is 9.55. The summed E-state index contributed by atoms with van der Waals surface area (Å²) in [5.41, 5.74) is 7.65. The molecule has 0 aliphatic carbocycles. The number of hydrogen-bond donors (Lipinski definition) is 8. The number of nitrogens with zero attached hydrogens (tertiary/aromatic N) is 5. The van der Waals surface area contributed by atoms with Crippen molar-refractivity contribution in [1.29, 1.82) is 0 Å². The Kier molecular flexibility index (Phi) is 20.9. The molecule has 0 fully saturated rings. The number of guanidine groups is 2. The van der Waals surface area contributed by atoms with Crippen molar-refractivity contribution in [3.05, 3.63) is 35.4 Å². The molecule has 14 nitrogen and oxygen atoms in total. The summed E-state index contributed by atoms with van der Waals surface area (Å²) in [4.78, 5) is 26.2. The molecule has 0 aromatic heterocycles. The molecule has 1 radical (unpaired) electrons. The van der Waals surface area contributed by atoms with Crippen LogP contribution in [0.15, 0.2) is 39.0 Å². The van der Waals surface area contributed by atoms with E-state index >= 15 is 0 Å². The number of hydrogen-bond acceptors (Lipinski definition) is 9. The van der Waals surface area contributed by atoms with Crippen LogP contribution in [-0.4, -0.2) is 121 Å². The maximum atomic E-state index is 10.7. The van der Waals surface area contributed by atoms with Gasteiger partial charge in [-0.2, -0.15) is 0 Å². The van der Waals surface area contributed by atoms with E-state index in [0.717, 1.165) is 51.5 Å². The SMILES string of the molecule is CB(O)N=C(NCCCCCCCCN(B(C)O)C(=NB(C)O)N(CCCc1ccc(C(N)=N[B]C=O)cc1)B(C)O)NB(C)O. The van der Waals surface area contributed by atoms with Gasteiger partial charge in [0.25, 0.3) is 0 Å². The lowest BCUT2D eigenvalue weighted by Gasteiger charge is -2.37. The predicted molar refractivity (Wildman–Crippen MR) is 194 cm³/mol. The van der Waals surface area contributed by atoms with Gasteiger partial charge in [-0.1, -0.05) is 49.9 Å². The lowest BCUT2D eigenvalue weighted by molar-refractivity contribution is 0.395. The summed E-state index contributed by atoms with van der Waals surface area (Å²) in [6, 6.07) is 7.56. The zero-order valence-corrected chi connectivity index (χ0v) is 28.1. The molecule has 0 unspecified atom stereocenters. The zero-order valence-electron chi connectivity index (χ0n) is 28.1. The van der Waals surface area contributed by atoms with Crippen molar-refractivity contribution >= 4 is 66.6 Å². The smallest absolute Gasteiger partial charge is 0.431 e. The zero-order chi connectivity index (χ0) is 34.5. The van der Waals surface area contributed by atoms with Crippen LogP contribution in [-0.2, 0) is 11.2 Å². The molecule has 1 aromatic rings. The number of nitrogens with one attached hydrogen (secondary N) is 2. The molecule has 20 heteroatoms. The fourth-order valence-corrected chi connectivity index (χ4v) is 4.71. The third-order valence-electron chi connectivity index (χ3n) is 6.89. The fourth-order valence-electron chi connectivity index (χ4n) is 4.71. The Morgan fingerprint density at radius 2 is 1.37 bits per heavy atom. The largest absolute Gasteiger partial charge is 0.433 e. The summed E-state index contributed by atoms with van der Waals surface area (Å²) in [5.74, 6) is 0.962. The first-order valence-electron chi connectivity index (χ1n) is 16.1. The van der Waals surface area contributed by atoms with Crippen molar-refractivity contribution < 1.29 is 29.9 Å². The minimum atomic E-state index is -1.02. The van der Waals surface area contributed by atoms with E-state index in [1.165, 1.54) is 0 Å². The maximum absolute atomic E-state index is 10.7. The van der Waals surface area contributed by atoms with Gasteiger partial charge in [-0.05, 0) is 65.4 Å². The Morgan fingerprint density at radius 1 is 0.826 bits per heavy atom. The van der Waals surface area contributed by atoms with Gasteiger partial charge in [-0.25, -0.2) is 0 Å². The van der Waals surface area contributed by atoms with Crippen LogP contribution in [0.25, 0.3) is 0 Å². The molecule has 0 aliphatic heterocycles. The van der Waals surface area contributed by atoms with Crippen LogP contribution in [0.5, 0.6) is 0 Å². The first kappa shape index (κ1) is 41.1. The van der Waals surface area contributed by atoms with Crippen LogP contribution < -0.4 is 16.3 Å². The lowest BCUT2D eigenvalue weighted by Crippen LogP contribution is -2.56. The molecule has 0 aliphatic rings. The summed E-state index contributed by atoms with van der Waals surface area (Å²) in [6.07, 6.45) is 7.61. The van der Waals surface area contributed by atoms with E-state index in [9.17, 15) is 29.9 Å². The highest BCUT2D eigenvalue weighted by Gasteiger charge is 2.29. The van der Waals surface area contributed by atoms with Gasteiger partial charge in [-0.3, -0.25) is 9.81 Å². The van der Waals surface area contributed by atoms with Crippen LogP contribution >= 0.6 is 0 Å². The molecule has 0 saturated heterocycles. The highest BCUT2D eigenvalue weighted by Crippen LogP contribution is 2.13. The van der Waals surface area contributed by atoms with Gasteiger partial charge >= 0.3 is 42.7 Å². The normalized spacial score (nSPS) is 11.9. The second-order valence-corrected chi connectivity index (χ2v) is 11.3. The highest BCUT2D eigenvalue weighted by atomic mass is 16.2. The molecule has 0 spiro atoms. The van der Waals surface area contributed by atoms with Crippen molar-refractivity contribution in [2.75, 3.05) is 19.6 Å². The van der Waals surface area contributed by atoms with Crippen LogP contribution in [0.2, 0.25) is 34.1 Å². The average Bonchev–Trinajstić information content (AvgIpc) is 2.97. The first-order valence-corrected chi connectivity index (χ1v) is 16.1. The van der Waals surface area contributed by atoms with E-state index in [1.807, 2.05) is 24.3 Å². The monoisotopic (exact) mass is 637 g/mol. The van der Waals surface area contributed by atoms with Crippen molar-refractivity contribution in [2.24, 2.45) is 20.4 Å². The standard InChI is InChI=1S/C26H51B6N8O6/c1-28(42)36-25(37-29(2)43)34-18-10-8-6-7-9-11-19-39(31(4)45)26(38-30(3)44)40(32(5)46)20-12-13-22-14-16-23(17-15-22)24(33)35-27-21-41/h14-17,21,42-46H,6-13,18-20H2,1-5H3,(H2,33,35)(H2,34,36,37). The quantitative estimate of drug-likeness (QED) is 0.0284. The van der Waals surface area contributed by atoms with Crippen molar-refractivity contribution in [1.82, 2.24) is 20.2 Å². The number of nitrogens with two attached hydrogens (primary N) is 1. The molecule has 0 atom stereocenters. The van der Waals surface area contributed by atoms with Gasteiger partial charge in [0.2, 0.25) is 0 Å². The van der Waals surface area contributed by atoms with E-state index in [-0.39, 0.29) is 5.84 Å². The molecule has 46 heavy (non-hydrogen) atoms. The molecule has 0 bridgehead atoms. The molecule has 0 amide bonds. The molecular weight excluding hydrogens is 585 g/mol. The number of rotatable bonds is 21. The Balaban J connectivity index is 2.67. The summed E-state index contributed by atoms with van der Waals surface area (Å²) >= 11 is 0. The third-order valence-corrected chi connectivity index (χ3v) is 6.89. The molecule has 9 N–H and O–H groups in total. The van der Waals surface area contributed by atoms with Gasteiger partial charge in [-0.15, -0.1) is 0 Å². The number of unbranched alkanes of at least 4 members (excludes halogenated alkanes) is 5. The molecule has 0 saturated carbocycles. The summed E-state index contributed by atoms with van der Waals surface area (Å²) < 4.78 is 0. The van der Waals surface area contributed by atoms with E-state index in [0.29, 0.717) is 56.1 Å². The van der Waals surface area contributed by atoms with Crippen LogP contribution in [0.1, 0.15) is 56.1 Å². The second-order valence-electron chi connectivity index (χ2n) is 11.3. The Morgan fingerprint density at radius 3 is 1.89 bits per heavy atom. The number of carbonyl (C=O) groups is 1. The molecule has 249 valence electrons. The fraction of sp³-hybridized carbons (Fsp3) is 0.615. The number of carbonyl (C=O) groups excluding carboxylic acids is 1. The average molecular weight is 637 g/mol. The highest BCUT2D eigenvalue weighted by molar-refractivity contribution is 6.66. The van der Waals surface area contributed by atoms with Crippen molar-refractivity contribution in [3.8, 4) is 0 Å². The Labute approximate surface area is 277 Å². The molecule has 0 heterocycles.